The van der Waals surface area contributed by atoms with Crippen molar-refractivity contribution in [3.05, 3.63) is 59.7 Å². The summed E-state index contributed by atoms with van der Waals surface area (Å²) in [7, 11) is 0. The highest BCUT2D eigenvalue weighted by Gasteiger charge is 2.19. The third-order valence-electron chi connectivity index (χ3n) is 4.72. The van der Waals surface area contributed by atoms with E-state index in [0.717, 1.165) is 30.2 Å². The van der Waals surface area contributed by atoms with E-state index >= 15 is 0 Å². The molecule has 0 unspecified atom stereocenters. The normalized spacial score (nSPS) is 13.4. The summed E-state index contributed by atoms with van der Waals surface area (Å²) >= 11 is 1.86. The van der Waals surface area contributed by atoms with Gasteiger partial charge in [0.2, 0.25) is 5.91 Å². The molecule has 0 aromatic heterocycles. The smallest absolute Gasteiger partial charge is 0.319 e. The van der Waals surface area contributed by atoms with Crippen LogP contribution in [-0.2, 0) is 4.79 Å². The first-order valence-electron chi connectivity index (χ1n) is 9.90. The van der Waals surface area contributed by atoms with Crippen molar-refractivity contribution in [3.63, 3.8) is 0 Å². The molecule has 4 amide bonds. The van der Waals surface area contributed by atoms with E-state index in [1.807, 2.05) is 47.9 Å². The molecule has 158 valence electrons. The van der Waals surface area contributed by atoms with Gasteiger partial charge in [-0.05, 0) is 42.8 Å². The van der Waals surface area contributed by atoms with Crippen LogP contribution in [0.2, 0.25) is 0 Å². The van der Waals surface area contributed by atoms with Crippen molar-refractivity contribution in [2.24, 2.45) is 0 Å². The van der Waals surface area contributed by atoms with Crippen LogP contribution in [0.25, 0.3) is 0 Å². The number of rotatable bonds is 6. The summed E-state index contributed by atoms with van der Waals surface area (Å²) in [5.74, 6) is 1.77. The van der Waals surface area contributed by atoms with Crippen molar-refractivity contribution in [3.8, 4) is 0 Å². The number of carbonyl (C=O) groups is 3. The minimum absolute atomic E-state index is 0.0323. The van der Waals surface area contributed by atoms with Crippen LogP contribution in [0, 0.1) is 6.92 Å². The van der Waals surface area contributed by atoms with Gasteiger partial charge >= 0.3 is 6.03 Å². The minimum atomic E-state index is -0.357. The van der Waals surface area contributed by atoms with E-state index in [-0.39, 0.29) is 30.8 Å². The predicted molar refractivity (Wildman–Crippen MR) is 121 cm³/mol. The average Bonchev–Trinajstić information content (AvgIpc) is 2.76. The van der Waals surface area contributed by atoms with E-state index in [1.165, 1.54) is 0 Å². The van der Waals surface area contributed by atoms with Gasteiger partial charge in [0, 0.05) is 54.5 Å². The van der Waals surface area contributed by atoms with E-state index in [0.29, 0.717) is 16.9 Å². The van der Waals surface area contributed by atoms with Gasteiger partial charge < -0.3 is 20.9 Å². The molecule has 0 radical (unpaired) electrons. The van der Waals surface area contributed by atoms with Crippen molar-refractivity contribution in [1.29, 1.82) is 0 Å². The summed E-state index contributed by atoms with van der Waals surface area (Å²) in [6, 6.07) is 14.1. The molecule has 7 nitrogen and oxygen atoms in total. The zero-order valence-electron chi connectivity index (χ0n) is 16.9. The summed E-state index contributed by atoms with van der Waals surface area (Å²) in [5, 5.41) is 8.20. The molecule has 8 heteroatoms. The number of benzene rings is 2. The maximum atomic E-state index is 12.6. The molecule has 0 aliphatic carbocycles. The monoisotopic (exact) mass is 426 g/mol. The lowest BCUT2D eigenvalue weighted by molar-refractivity contribution is -0.116. The number of hydrogen-bond acceptors (Lipinski definition) is 4. The van der Waals surface area contributed by atoms with E-state index in [1.54, 1.807) is 24.3 Å². The Morgan fingerprint density at radius 2 is 1.73 bits per heavy atom. The van der Waals surface area contributed by atoms with Gasteiger partial charge in [-0.2, -0.15) is 11.8 Å². The van der Waals surface area contributed by atoms with Crippen molar-refractivity contribution in [2.45, 2.75) is 13.3 Å². The molecule has 0 atom stereocenters. The Morgan fingerprint density at radius 1 is 1.00 bits per heavy atom. The molecule has 1 aliphatic rings. The zero-order valence-corrected chi connectivity index (χ0v) is 17.8. The zero-order chi connectivity index (χ0) is 21.3. The Morgan fingerprint density at radius 3 is 2.43 bits per heavy atom. The van der Waals surface area contributed by atoms with Crippen LogP contribution < -0.4 is 16.0 Å². The molecule has 0 bridgehead atoms. The standard InChI is InChI=1S/C22H26N4O3S/c1-16-15-17(21(28)26-11-13-30-14-12-26)7-8-19(16)25-20(27)9-10-23-22(29)24-18-5-3-2-4-6-18/h2-8,15H,9-14H2,1H3,(H,25,27)(H2,23,24,29). The topological polar surface area (TPSA) is 90.5 Å². The highest BCUT2D eigenvalue weighted by molar-refractivity contribution is 7.99. The summed E-state index contributed by atoms with van der Waals surface area (Å²) < 4.78 is 0. The van der Waals surface area contributed by atoms with Gasteiger partial charge in [-0.25, -0.2) is 4.79 Å². The SMILES string of the molecule is Cc1cc(C(=O)N2CCSCC2)ccc1NC(=O)CCNC(=O)Nc1ccccc1. The first-order chi connectivity index (χ1) is 14.5. The van der Waals surface area contributed by atoms with Gasteiger partial charge in [-0.3, -0.25) is 9.59 Å². The second-order valence-electron chi connectivity index (χ2n) is 6.98. The van der Waals surface area contributed by atoms with E-state index < -0.39 is 0 Å². The molecule has 1 aliphatic heterocycles. The van der Waals surface area contributed by atoms with Gasteiger partial charge in [0.25, 0.3) is 5.91 Å². The van der Waals surface area contributed by atoms with Crippen LogP contribution in [0.3, 0.4) is 0 Å². The third kappa shape index (κ3) is 6.25. The largest absolute Gasteiger partial charge is 0.337 e. The van der Waals surface area contributed by atoms with Crippen molar-refractivity contribution in [2.75, 3.05) is 41.8 Å². The number of thioether (sulfide) groups is 1. The van der Waals surface area contributed by atoms with E-state index in [2.05, 4.69) is 16.0 Å². The summed E-state index contributed by atoms with van der Waals surface area (Å²) in [4.78, 5) is 38.5. The summed E-state index contributed by atoms with van der Waals surface area (Å²) in [6.45, 7) is 3.62. The second-order valence-corrected chi connectivity index (χ2v) is 8.20. The summed E-state index contributed by atoms with van der Waals surface area (Å²) in [6.07, 6.45) is 0.147. The Balaban J connectivity index is 1.45. The molecule has 3 N–H and O–H groups in total. The maximum absolute atomic E-state index is 12.6. The van der Waals surface area contributed by atoms with Crippen LogP contribution in [-0.4, -0.2) is 53.9 Å². The Kier molecular flexibility index (Phi) is 7.73. The van der Waals surface area contributed by atoms with Crippen molar-refractivity contribution < 1.29 is 14.4 Å². The number of urea groups is 1. The predicted octanol–water partition coefficient (Wildman–Crippen LogP) is 3.33. The molecule has 0 spiro atoms. The average molecular weight is 427 g/mol. The van der Waals surface area contributed by atoms with Crippen LogP contribution in [0.5, 0.6) is 0 Å². The number of nitrogens with one attached hydrogen (secondary N) is 3. The van der Waals surface area contributed by atoms with Crippen LogP contribution in [0.4, 0.5) is 16.2 Å². The quantitative estimate of drug-likeness (QED) is 0.661. The number of aryl methyl sites for hydroxylation is 1. The Labute approximate surface area is 180 Å². The van der Waals surface area contributed by atoms with Crippen LogP contribution in [0.1, 0.15) is 22.3 Å². The maximum Gasteiger partial charge on any atom is 0.319 e. The number of amides is 4. The molecule has 1 fully saturated rings. The lowest BCUT2D eigenvalue weighted by Gasteiger charge is -2.26. The van der Waals surface area contributed by atoms with Gasteiger partial charge in [-0.1, -0.05) is 18.2 Å². The Bertz CT molecular complexity index is 899. The number of hydrogen-bond donors (Lipinski definition) is 3. The van der Waals surface area contributed by atoms with Crippen LogP contribution in [0.15, 0.2) is 48.5 Å². The number of nitrogens with zero attached hydrogens (tertiary/aromatic N) is 1. The molecule has 30 heavy (non-hydrogen) atoms. The van der Waals surface area contributed by atoms with Gasteiger partial charge in [0.05, 0.1) is 0 Å². The lowest BCUT2D eigenvalue weighted by atomic mass is 10.1. The first-order valence-corrected chi connectivity index (χ1v) is 11.1. The van der Waals surface area contributed by atoms with Gasteiger partial charge in [-0.15, -0.1) is 0 Å². The summed E-state index contributed by atoms with van der Waals surface area (Å²) in [5.41, 5.74) is 2.82. The highest BCUT2D eigenvalue weighted by Crippen LogP contribution is 2.19. The molecule has 0 saturated carbocycles. The molecule has 1 heterocycles. The fourth-order valence-electron chi connectivity index (χ4n) is 3.09. The second kappa shape index (κ2) is 10.7. The number of anilines is 2. The Hall–Kier alpha value is -3.00. The van der Waals surface area contributed by atoms with Gasteiger partial charge in [0.15, 0.2) is 0 Å². The lowest BCUT2D eigenvalue weighted by Crippen LogP contribution is -2.37. The number of para-hydroxylation sites is 1. The van der Waals surface area contributed by atoms with Crippen molar-refractivity contribution in [1.82, 2.24) is 10.2 Å². The fraction of sp³-hybridized carbons (Fsp3) is 0.318. The third-order valence-corrected chi connectivity index (χ3v) is 5.66. The van der Waals surface area contributed by atoms with Crippen molar-refractivity contribution >= 4 is 41.0 Å². The fourth-order valence-corrected chi connectivity index (χ4v) is 3.99. The minimum Gasteiger partial charge on any atom is -0.337 e. The molecule has 1 saturated heterocycles. The molecular weight excluding hydrogens is 400 g/mol. The first kappa shape index (κ1) is 21.7. The van der Waals surface area contributed by atoms with E-state index in [4.69, 9.17) is 0 Å². The molecular formula is C22H26N4O3S. The highest BCUT2D eigenvalue weighted by atomic mass is 32.2. The van der Waals surface area contributed by atoms with Crippen LogP contribution >= 0.6 is 11.8 Å². The number of carbonyl (C=O) groups excluding carboxylic acids is 3. The van der Waals surface area contributed by atoms with E-state index in [9.17, 15) is 14.4 Å². The molecule has 2 aromatic carbocycles. The molecule has 3 rings (SSSR count). The van der Waals surface area contributed by atoms with Gasteiger partial charge in [0.1, 0.15) is 0 Å². The molecule has 2 aromatic rings.